The number of thioether (sulfide) groups is 1. The third kappa shape index (κ3) is 5.72. The summed E-state index contributed by atoms with van der Waals surface area (Å²) in [5.41, 5.74) is -0.283. The third-order valence-corrected chi connectivity index (χ3v) is 9.34. The summed E-state index contributed by atoms with van der Waals surface area (Å²) in [5, 5.41) is 24.8. The number of carboxylic acids is 1. The second kappa shape index (κ2) is 10.4. The van der Waals surface area contributed by atoms with Crippen molar-refractivity contribution in [1.82, 2.24) is 14.5 Å². The summed E-state index contributed by atoms with van der Waals surface area (Å²) in [6.45, 7) is 3.91. The van der Waals surface area contributed by atoms with Gasteiger partial charge in [-0.2, -0.15) is 21.6 Å². The van der Waals surface area contributed by atoms with Crippen LogP contribution in [0.4, 0.5) is 13.2 Å². The highest BCUT2D eigenvalue weighted by molar-refractivity contribution is 8.03. The molecule has 38 heavy (non-hydrogen) atoms. The second-order valence-corrected chi connectivity index (χ2v) is 12.6. The zero-order valence-corrected chi connectivity index (χ0v) is 22.2. The Morgan fingerprint density at radius 1 is 1.29 bits per heavy atom. The smallest absolute Gasteiger partial charge is 0.416 e. The summed E-state index contributed by atoms with van der Waals surface area (Å²) < 4.78 is 64.1. The lowest BCUT2D eigenvalue weighted by Crippen LogP contribution is -2.63. The molecule has 0 radical (unpaired) electrons. The maximum absolute atomic E-state index is 12.9. The molecule has 0 bridgehead atoms. The average Bonchev–Trinajstić information content (AvgIpc) is 3.28. The lowest BCUT2D eigenvalue weighted by molar-refractivity contribution is -0.163. The van der Waals surface area contributed by atoms with Crippen molar-refractivity contribution < 1.29 is 41.4 Å². The number of aliphatic hydroxyl groups is 1. The first-order valence-electron chi connectivity index (χ1n) is 11.9. The third-order valence-electron chi connectivity index (χ3n) is 7.28. The van der Waals surface area contributed by atoms with Gasteiger partial charge in [0.25, 0.3) is 10.2 Å². The first kappa shape index (κ1) is 28.8. The van der Waals surface area contributed by atoms with Gasteiger partial charge in [-0.05, 0) is 31.0 Å². The van der Waals surface area contributed by atoms with Gasteiger partial charge in [-0.3, -0.25) is 9.69 Å². The number of rotatable bonds is 9. The molecular formula is C23H29F3N4O6S2. The second-order valence-electron chi connectivity index (χ2n) is 9.92. The molecule has 3 aliphatic heterocycles. The number of carbonyl (C=O) groups excluding carboxylic acids is 1. The largest absolute Gasteiger partial charge is 0.477 e. The van der Waals surface area contributed by atoms with E-state index in [0.29, 0.717) is 23.4 Å². The number of aliphatic carboxylic acids is 1. The van der Waals surface area contributed by atoms with Crippen LogP contribution in [0.2, 0.25) is 0 Å². The van der Waals surface area contributed by atoms with E-state index in [4.69, 9.17) is 5.14 Å². The lowest BCUT2D eigenvalue weighted by atomic mass is 9.79. The van der Waals surface area contributed by atoms with Crippen LogP contribution >= 0.6 is 11.8 Å². The van der Waals surface area contributed by atoms with Crippen molar-refractivity contribution >= 4 is 33.8 Å². The number of likely N-dealkylation sites (tertiary alicyclic amines) is 1. The molecule has 1 amide bonds. The van der Waals surface area contributed by atoms with Gasteiger partial charge in [0.1, 0.15) is 5.70 Å². The normalized spacial score (nSPS) is 29.0. The Bertz CT molecular complexity index is 1240. The lowest BCUT2D eigenvalue weighted by Gasteiger charge is -2.46. The van der Waals surface area contributed by atoms with Crippen molar-refractivity contribution in [2.24, 2.45) is 17.0 Å². The van der Waals surface area contributed by atoms with E-state index in [1.807, 2.05) is 11.8 Å². The van der Waals surface area contributed by atoms with E-state index in [1.165, 1.54) is 35.7 Å². The van der Waals surface area contributed by atoms with Crippen LogP contribution in [0.3, 0.4) is 0 Å². The molecule has 15 heteroatoms. The van der Waals surface area contributed by atoms with Crippen LogP contribution < -0.4 is 9.86 Å². The van der Waals surface area contributed by atoms with E-state index in [1.54, 1.807) is 0 Å². The summed E-state index contributed by atoms with van der Waals surface area (Å²) >= 11 is 1.30. The highest BCUT2D eigenvalue weighted by atomic mass is 32.2. The number of benzene rings is 1. The molecule has 210 valence electrons. The number of nitrogens with zero attached hydrogens (tertiary/aromatic N) is 2. The zero-order valence-electron chi connectivity index (χ0n) is 20.6. The number of hydrogen-bond acceptors (Lipinski definition) is 7. The molecule has 1 aromatic rings. The van der Waals surface area contributed by atoms with Gasteiger partial charge in [0.15, 0.2) is 0 Å². The molecule has 0 saturated carbocycles. The van der Waals surface area contributed by atoms with Crippen LogP contribution in [0.1, 0.15) is 31.4 Å². The Morgan fingerprint density at radius 3 is 2.45 bits per heavy atom. The number of fused-ring (bicyclic) bond motifs is 1. The van der Waals surface area contributed by atoms with Gasteiger partial charge in [-0.15, -0.1) is 11.8 Å². The number of carbonyl (C=O) groups is 2. The van der Waals surface area contributed by atoms with Crippen LogP contribution in [0.25, 0.3) is 0 Å². The van der Waals surface area contributed by atoms with Crippen LogP contribution in [0.15, 0.2) is 34.9 Å². The Balaban J connectivity index is 1.54. The maximum Gasteiger partial charge on any atom is 0.416 e. The van der Waals surface area contributed by atoms with Gasteiger partial charge in [-0.25, -0.2) is 14.7 Å². The molecule has 3 aliphatic rings. The number of halogens is 3. The van der Waals surface area contributed by atoms with Gasteiger partial charge in [0.05, 0.1) is 23.6 Å². The summed E-state index contributed by atoms with van der Waals surface area (Å²) in [6, 6.07) is 3.88. The van der Waals surface area contributed by atoms with Gasteiger partial charge < -0.3 is 15.1 Å². The Morgan fingerprint density at radius 2 is 1.92 bits per heavy atom. The van der Waals surface area contributed by atoms with Gasteiger partial charge in [0, 0.05) is 41.7 Å². The Labute approximate surface area is 222 Å². The number of carboxylic acid groups (broad SMARTS) is 1. The highest BCUT2D eigenvalue weighted by Crippen LogP contribution is 2.52. The van der Waals surface area contributed by atoms with Gasteiger partial charge in [-0.1, -0.05) is 19.1 Å². The summed E-state index contributed by atoms with van der Waals surface area (Å²) in [6.07, 6.45) is -4.95. The molecule has 0 aromatic heterocycles. The van der Waals surface area contributed by atoms with E-state index < -0.39 is 51.9 Å². The van der Waals surface area contributed by atoms with E-state index in [0.717, 1.165) is 12.1 Å². The fourth-order valence-corrected chi connectivity index (χ4v) is 7.55. The van der Waals surface area contributed by atoms with Crippen molar-refractivity contribution in [2.45, 2.75) is 56.4 Å². The van der Waals surface area contributed by atoms with E-state index in [2.05, 4.69) is 4.72 Å². The predicted molar refractivity (Wildman–Crippen MR) is 132 cm³/mol. The standard InChI is InChI=1S/C23H29F3N4O6S2/c1-11-18-17(12(2)31)21(32)30(18)19(22(33)34)20(11)37-16-7-15(8-28-38(27,35)36)29(10-16)9-13-3-5-14(6-4-13)23(24,25)26/h3-6,11-12,15-18,28,31H,7-10H2,1-2H3,(H,33,34)(H2,27,35,36)/t11-,12-,15+,16+,17-,18-/m1/s1. The summed E-state index contributed by atoms with van der Waals surface area (Å²) in [4.78, 5) is 28.4. The molecule has 0 spiro atoms. The first-order chi connectivity index (χ1) is 17.6. The minimum Gasteiger partial charge on any atom is -0.477 e. The summed E-state index contributed by atoms with van der Waals surface area (Å²) in [5.74, 6) is -2.70. The molecule has 5 N–H and O–H groups in total. The average molecular weight is 579 g/mol. The van der Waals surface area contributed by atoms with Crippen molar-refractivity contribution in [3.8, 4) is 0 Å². The van der Waals surface area contributed by atoms with Gasteiger partial charge >= 0.3 is 12.1 Å². The predicted octanol–water partition coefficient (Wildman–Crippen LogP) is 1.33. The number of β-lactam (4-membered cyclic amide) rings is 1. The van der Waals surface area contributed by atoms with Crippen LogP contribution in [-0.2, 0) is 32.5 Å². The molecule has 10 nitrogen and oxygen atoms in total. The van der Waals surface area contributed by atoms with E-state index in [-0.39, 0.29) is 36.0 Å². The van der Waals surface area contributed by atoms with Gasteiger partial charge in [0.2, 0.25) is 5.91 Å². The molecule has 0 unspecified atom stereocenters. The van der Waals surface area contributed by atoms with E-state index >= 15 is 0 Å². The minimum absolute atomic E-state index is 0.0335. The number of nitrogens with one attached hydrogen (secondary N) is 1. The zero-order chi connectivity index (χ0) is 28.2. The fourth-order valence-electron chi connectivity index (χ4n) is 5.53. The molecule has 2 saturated heterocycles. The SMILES string of the molecule is C[C@@H](O)[C@H]1C(=O)N2C(C(=O)O)=C(S[C@H]3C[C@@H](CNS(N)(=O)=O)N(Cc4ccc(C(F)(F)F)cc4)C3)[C@H](C)[C@H]12. The van der Waals surface area contributed by atoms with Crippen molar-refractivity contribution in [1.29, 1.82) is 0 Å². The maximum atomic E-state index is 12.9. The highest BCUT2D eigenvalue weighted by Gasteiger charge is 2.60. The molecule has 1 aromatic carbocycles. The van der Waals surface area contributed by atoms with Crippen LogP contribution in [0.5, 0.6) is 0 Å². The molecule has 2 fully saturated rings. The Hall–Kier alpha value is -2.17. The monoisotopic (exact) mass is 578 g/mol. The topological polar surface area (TPSA) is 153 Å². The molecule has 0 aliphatic carbocycles. The van der Waals surface area contributed by atoms with Crippen LogP contribution in [-0.4, -0.2) is 76.8 Å². The van der Waals surface area contributed by atoms with E-state index in [9.17, 15) is 41.4 Å². The van der Waals surface area contributed by atoms with Crippen LogP contribution in [0, 0.1) is 11.8 Å². The first-order valence-corrected chi connectivity index (χ1v) is 14.3. The summed E-state index contributed by atoms with van der Waals surface area (Å²) in [7, 11) is -3.99. The number of alkyl halides is 3. The number of hydrogen-bond donors (Lipinski definition) is 4. The minimum atomic E-state index is -4.47. The molecule has 6 atom stereocenters. The Kier molecular flexibility index (Phi) is 7.91. The fraction of sp³-hybridized carbons (Fsp3) is 0.565. The van der Waals surface area contributed by atoms with Crippen molar-refractivity contribution in [3.05, 3.63) is 46.0 Å². The molecule has 4 rings (SSSR count). The molecule has 3 heterocycles. The number of aliphatic hydroxyl groups excluding tert-OH is 1. The van der Waals surface area contributed by atoms with Crippen molar-refractivity contribution in [3.63, 3.8) is 0 Å². The quantitative estimate of drug-likeness (QED) is 0.320. The molecular weight excluding hydrogens is 549 g/mol. The number of nitrogens with two attached hydrogens (primary N) is 1. The number of amides is 1. The van der Waals surface area contributed by atoms with Crippen molar-refractivity contribution in [2.75, 3.05) is 13.1 Å².